The van der Waals surface area contributed by atoms with E-state index in [2.05, 4.69) is 32.0 Å². The van der Waals surface area contributed by atoms with Crippen LogP contribution in [0.5, 0.6) is 0 Å². The standard InChI is InChI=1S/C23H29N5O2/c1-30-17-3-2-10-28(14-17)21(29)15-27-11-6-16(7-12-27)18-4-8-24-20-13-26-23-19(22(18)20)5-9-25-23/h4-5,8-9,13,16-17H,2-3,6-7,10-12,14-15H2,1H3,(H,25,26). The fourth-order valence-electron chi connectivity index (χ4n) is 5.07. The summed E-state index contributed by atoms with van der Waals surface area (Å²) in [4.78, 5) is 29.3. The maximum absolute atomic E-state index is 12.8. The van der Waals surface area contributed by atoms with Gasteiger partial charge in [-0.3, -0.25) is 14.7 Å². The van der Waals surface area contributed by atoms with E-state index in [1.54, 1.807) is 7.11 Å². The van der Waals surface area contributed by atoms with Gasteiger partial charge in [0, 0.05) is 43.4 Å². The molecule has 2 aliphatic rings. The number of aromatic amines is 1. The molecule has 7 heteroatoms. The van der Waals surface area contributed by atoms with Gasteiger partial charge in [-0.15, -0.1) is 0 Å². The Labute approximate surface area is 176 Å². The summed E-state index contributed by atoms with van der Waals surface area (Å²) in [6.45, 7) is 4.01. The quantitative estimate of drug-likeness (QED) is 0.720. The number of likely N-dealkylation sites (tertiary alicyclic amines) is 2. The molecule has 2 fully saturated rings. The highest BCUT2D eigenvalue weighted by Crippen LogP contribution is 2.35. The maximum atomic E-state index is 12.8. The van der Waals surface area contributed by atoms with Crippen LogP contribution in [0, 0.1) is 0 Å². The van der Waals surface area contributed by atoms with Crippen molar-refractivity contribution in [2.24, 2.45) is 0 Å². The van der Waals surface area contributed by atoms with Gasteiger partial charge in [-0.2, -0.15) is 0 Å². The van der Waals surface area contributed by atoms with Gasteiger partial charge in [0.05, 0.1) is 24.4 Å². The number of nitrogens with one attached hydrogen (secondary N) is 1. The number of fused-ring (bicyclic) bond motifs is 3. The predicted octanol–water partition coefficient (Wildman–Crippen LogP) is 2.93. The lowest BCUT2D eigenvalue weighted by Crippen LogP contribution is -2.48. The van der Waals surface area contributed by atoms with Crippen LogP contribution in [-0.4, -0.2) is 76.6 Å². The van der Waals surface area contributed by atoms with Gasteiger partial charge in [-0.1, -0.05) is 0 Å². The fraction of sp³-hybridized carbons (Fsp3) is 0.522. The minimum absolute atomic E-state index is 0.188. The molecule has 7 nitrogen and oxygen atoms in total. The van der Waals surface area contributed by atoms with Crippen LogP contribution in [0.4, 0.5) is 0 Å². The molecule has 3 aromatic heterocycles. The number of methoxy groups -OCH3 is 1. The predicted molar refractivity (Wildman–Crippen MR) is 116 cm³/mol. The molecule has 0 saturated carbocycles. The van der Waals surface area contributed by atoms with E-state index in [0.717, 1.165) is 68.4 Å². The average Bonchev–Trinajstić information content (AvgIpc) is 3.28. The molecule has 0 aliphatic carbocycles. The lowest BCUT2D eigenvalue weighted by Gasteiger charge is -2.36. The second-order valence-corrected chi connectivity index (χ2v) is 8.55. The zero-order valence-electron chi connectivity index (χ0n) is 17.5. The van der Waals surface area contributed by atoms with Gasteiger partial charge in [-0.05, 0) is 62.4 Å². The molecular weight excluding hydrogens is 378 g/mol. The molecule has 1 N–H and O–H groups in total. The van der Waals surface area contributed by atoms with Gasteiger partial charge in [0.15, 0.2) is 0 Å². The second kappa shape index (κ2) is 8.32. The molecule has 3 aromatic rings. The van der Waals surface area contributed by atoms with Crippen LogP contribution in [-0.2, 0) is 9.53 Å². The van der Waals surface area contributed by atoms with Gasteiger partial charge in [0.2, 0.25) is 5.91 Å². The van der Waals surface area contributed by atoms with Crippen molar-refractivity contribution in [2.75, 3.05) is 39.8 Å². The SMILES string of the molecule is COC1CCCN(C(=O)CN2CCC(c3ccnc4cnc5[nH]ccc5c34)CC2)C1. The van der Waals surface area contributed by atoms with E-state index in [9.17, 15) is 4.79 Å². The average molecular weight is 408 g/mol. The maximum Gasteiger partial charge on any atom is 0.236 e. The third-order valence-corrected chi connectivity index (χ3v) is 6.77. The van der Waals surface area contributed by atoms with E-state index >= 15 is 0 Å². The first-order valence-corrected chi connectivity index (χ1v) is 11.0. The molecule has 5 heterocycles. The second-order valence-electron chi connectivity index (χ2n) is 8.55. The Morgan fingerprint density at radius 3 is 2.90 bits per heavy atom. The number of amides is 1. The number of nitrogens with zero attached hydrogens (tertiary/aromatic N) is 4. The number of pyridine rings is 2. The monoisotopic (exact) mass is 407 g/mol. The summed E-state index contributed by atoms with van der Waals surface area (Å²) in [5.74, 6) is 0.722. The summed E-state index contributed by atoms with van der Waals surface area (Å²) < 4.78 is 5.47. The highest BCUT2D eigenvalue weighted by atomic mass is 16.5. The topological polar surface area (TPSA) is 74.3 Å². The molecular formula is C23H29N5O2. The van der Waals surface area contributed by atoms with Gasteiger partial charge >= 0.3 is 0 Å². The van der Waals surface area contributed by atoms with Crippen molar-refractivity contribution in [3.63, 3.8) is 0 Å². The highest BCUT2D eigenvalue weighted by Gasteiger charge is 2.28. The molecule has 0 spiro atoms. The molecule has 2 saturated heterocycles. The summed E-state index contributed by atoms with van der Waals surface area (Å²) in [6, 6.07) is 4.26. The number of hydrogen-bond donors (Lipinski definition) is 1. The first-order chi connectivity index (χ1) is 14.7. The van der Waals surface area contributed by atoms with E-state index in [-0.39, 0.29) is 12.0 Å². The van der Waals surface area contributed by atoms with Crippen molar-refractivity contribution in [3.05, 3.63) is 36.3 Å². The fourth-order valence-corrected chi connectivity index (χ4v) is 5.07. The lowest BCUT2D eigenvalue weighted by molar-refractivity contribution is -0.136. The Morgan fingerprint density at radius 2 is 2.07 bits per heavy atom. The van der Waals surface area contributed by atoms with E-state index in [1.165, 1.54) is 10.9 Å². The largest absolute Gasteiger partial charge is 0.380 e. The normalized spacial score (nSPS) is 21.5. The summed E-state index contributed by atoms with van der Waals surface area (Å²) in [5.41, 5.74) is 3.22. The highest BCUT2D eigenvalue weighted by molar-refractivity contribution is 6.05. The molecule has 1 atom stereocenters. The smallest absolute Gasteiger partial charge is 0.236 e. The Balaban J connectivity index is 1.26. The van der Waals surface area contributed by atoms with E-state index in [1.807, 2.05) is 23.5 Å². The third kappa shape index (κ3) is 3.68. The van der Waals surface area contributed by atoms with E-state index < -0.39 is 0 Å². The Kier molecular flexibility index (Phi) is 5.39. The van der Waals surface area contributed by atoms with Gasteiger partial charge in [0.1, 0.15) is 5.65 Å². The summed E-state index contributed by atoms with van der Waals surface area (Å²) >= 11 is 0. The molecule has 0 radical (unpaired) electrons. The number of carbonyl (C=O) groups is 1. The number of aromatic nitrogens is 3. The lowest BCUT2D eigenvalue weighted by atomic mass is 9.87. The number of carbonyl (C=O) groups excluding carboxylic acids is 1. The zero-order valence-corrected chi connectivity index (χ0v) is 17.5. The minimum atomic E-state index is 0.188. The molecule has 5 rings (SSSR count). The molecule has 2 aliphatic heterocycles. The van der Waals surface area contributed by atoms with Crippen molar-refractivity contribution in [1.29, 1.82) is 0 Å². The first kappa shape index (κ1) is 19.5. The number of hydrogen-bond acceptors (Lipinski definition) is 5. The molecule has 158 valence electrons. The van der Waals surface area contributed by atoms with Crippen LogP contribution >= 0.6 is 0 Å². The van der Waals surface area contributed by atoms with Gasteiger partial charge in [-0.25, -0.2) is 4.98 Å². The number of piperidine rings is 2. The van der Waals surface area contributed by atoms with Crippen LogP contribution in [0.3, 0.4) is 0 Å². The van der Waals surface area contributed by atoms with Crippen molar-refractivity contribution in [2.45, 2.75) is 37.7 Å². The number of H-pyrrole nitrogens is 1. The summed E-state index contributed by atoms with van der Waals surface area (Å²) in [6.07, 6.45) is 10.1. The Morgan fingerprint density at radius 1 is 1.20 bits per heavy atom. The number of rotatable bonds is 4. The van der Waals surface area contributed by atoms with Crippen molar-refractivity contribution < 1.29 is 9.53 Å². The summed E-state index contributed by atoms with van der Waals surface area (Å²) in [7, 11) is 1.74. The van der Waals surface area contributed by atoms with Gasteiger partial charge in [0.25, 0.3) is 0 Å². The summed E-state index contributed by atoms with van der Waals surface area (Å²) in [5, 5.41) is 2.36. The molecule has 1 amide bonds. The van der Waals surface area contributed by atoms with E-state index in [4.69, 9.17) is 4.74 Å². The zero-order chi connectivity index (χ0) is 20.5. The first-order valence-electron chi connectivity index (χ1n) is 11.0. The van der Waals surface area contributed by atoms with Gasteiger partial charge < -0.3 is 14.6 Å². The molecule has 0 aromatic carbocycles. The van der Waals surface area contributed by atoms with E-state index in [0.29, 0.717) is 12.5 Å². The van der Waals surface area contributed by atoms with Crippen LogP contribution in [0.25, 0.3) is 21.9 Å². The van der Waals surface area contributed by atoms with Crippen LogP contribution < -0.4 is 0 Å². The van der Waals surface area contributed by atoms with Crippen molar-refractivity contribution in [1.82, 2.24) is 24.8 Å². The Bertz CT molecular complexity index is 1040. The van der Waals surface area contributed by atoms with Crippen molar-refractivity contribution >= 4 is 27.8 Å². The van der Waals surface area contributed by atoms with Crippen LogP contribution in [0.15, 0.2) is 30.7 Å². The Hall–Kier alpha value is -2.51. The van der Waals surface area contributed by atoms with Crippen LogP contribution in [0.2, 0.25) is 0 Å². The molecule has 30 heavy (non-hydrogen) atoms. The van der Waals surface area contributed by atoms with Crippen LogP contribution in [0.1, 0.15) is 37.2 Å². The molecule has 1 unspecified atom stereocenters. The van der Waals surface area contributed by atoms with Crippen molar-refractivity contribution in [3.8, 4) is 0 Å². The minimum Gasteiger partial charge on any atom is -0.380 e. The molecule has 0 bridgehead atoms. The number of ether oxygens (including phenoxy) is 1. The third-order valence-electron chi connectivity index (χ3n) is 6.77.